The van der Waals surface area contributed by atoms with E-state index < -0.39 is 9.85 Å². The first-order chi connectivity index (χ1) is 13.5. The normalized spacial score (nSPS) is 11.3. The van der Waals surface area contributed by atoms with Gasteiger partial charge in [-0.3, -0.25) is 20.2 Å². The highest BCUT2D eigenvalue weighted by molar-refractivity contribution is 5.78. The van der Waals surface area contributed by atoms with E-state index in [-0.39, 0.29) is 17.3 Å². The summed E-state index contributed by atoms with van der Waals surface area (Å²) in [5, 5.41) is 21.7. The summed E-state index contributed by atoms with van der Waals surface area (Å²) in [5.74, 6) is 1.25. The van der Waals surface area contributed by atoms with Gasteiger partial charge < -0.3 is 8.83 Å². The van der Waals surface area contributed by atoms with Crippen LogP contribution in [-0.2, 0) is 0 Å². The zero-order valence-corrected chi connectivity index (χ0v) is 14.1. The minimum atomic E-state index is -0.498. The van der Waals surface area contributed by atoms with E-state index in [4.69, 9.17) is 8.83 Å². The van der Waals surface area contributed by atoms with Crippen LogP contribution in [0.1, 0.15) is 11.7 Å². The minimum absolute atomic E-state index is 0.0217. The Kier molecular flexibility index (Phi) is 4.17. The highest BCUT2D eigenvalue weighted by atomic mass is 16.6. The van der Waals surface area contributed by atoms with Crippen molar-refractivity contribution in [2.45, 2.75) is 0 Å². The van der Waals surface area contributed by atoms with Crippen LogP contribution in [0.15, 0.2) is 63.4 Å². The molecule has 0 saturated carbocycles. The Hall–Kier alpha value is -4.27. The molecule has 2 aromatic heterocycles. The third kappa shape index (κ3) is 3.36. The fourth-order valence-corrected chi connectivity index (χ4v) is 2.64. The standard InChI is InChI=1S/C19H11N3O6/c23-21(24)13-3-1-2-12(10-13)17-8-5-15(27-17)6-9-19-20-16-11-14(22(25)26)4-7-18(16)28-19/h1-11H/b9-6+. The van der Waals surface area contributed by atoms with E-state index in [1.54, 1.807) is 36.4 Å². The monoisotopic (exact) mass is 377 g/mol. The van der Waals surface area contributed by atoms with Gasteiger partial charge in [-0.1, -0.05) is 12.1 Å². The van der Waals surface area contributed by atoms with E-state index in [1.807, 2.05) is 0 Å². The van der Waals surface area contributed by atoms with Gasteiger partial charge in [-0.25, -0.2) is 4.98 Å². The molecular weight excluding hydrogens is 366 g/mol. The Balaban J connectivity index is 1.57. The molecule has 138 valence electrons. The van der Waals surface area contributed by atoms with Crippen molar-refractivity contribution in [1.82, 2.24) is 4.98 Å². The van der Waals surface area contributed by atoms with Gasteiger partial charge >= 0.3 is 0 Å². The number of nitro groups is 2. The number of benzene rings is 2. The lowest BCUT2D eigenvalue weighted by atomic mass is 10.1. The highest BCUT2D eigenvalue weighted by Crippen LogP contribution is 2.27. The number of furan rings is 1. The third-order valence-electron chi connectivity index (χ3n) is 3.96. The Morgan fingerprint density at radius 1 is 0.857 bits per heavy atom. The molecule has 2 heterocycles. The molecule has 4 rings (SSSR count). The van der Waals surface area contributed by atoms with Crippen LogP contribution in [0.25, 0.3) is 34.6 Å². The van der Waals surface area contributed by atoms with Crippen LogP contribution in [0.4, 0.5) is 11.4 Å². The average Bonchev–Trinajstić information content (AvgIpc) is 3.32. The fourth-order valence-electron chi connectivity index (χ4n) is 2.64. The van der Waals surface area contributed by atoms with Crippen LogP contribution >= 0.6 is 0 Å². The van der Waals surface area contributed by atoms with Gasteiger partial charge in [0.1, 0.15) is 17.0 Å². The maximum atomic E-state index is 10.9. The largest absolute Gasteiger partial charge is 0.457 e. The van der Waals surface area contributed by atoms with Gasteiger partial charge in [0.05, 0.1) is 9.85 Å². The SMILES string of the molecule is O=[N+]([O-])c1cccc(-c2ccc(/C=C/c3nc4cc([N+](=O)[O-])ccc4o3)o2)c1. The molecule has 4 aromatic rings. The molecule has 0 atom stereocenters. The molecule has 0 bridgehead atoms. The van der Waals surface area contributed by atoms with Crippen LogP contribution in [0.3, 0.4) is 0 Å². The molecule has 28 heavy (non-hydrogen) atoms. The Labute approximate surface area is 156 Å². The summed E-state index contributed by atoms with van der Waals surface area (Å²) < 4.78 is 11.2. The molecule has 0 amide bonds. The topological polar surface area (TPSA) is 125 Å². The zero-order valence-electron chi connectivity index (χ0n) is 14.1. The fraction of sp³-hybridized carbons (Fsp3) is 0. The van der Waals surface area contributed by atoms with E-state index >= 15 is 0 Å². The van der Waals surface area contributed by atoms with Crippen molar-refractivity contribution in [3.63, 3.8) is 0 Å². The van der Waals surface area contributed by atoms with E-state index in [0.717, 1.165) is 0 Å². The smallest absolute Gasteiger partial charge is 0.271 e. The summed E-state index contributed by atoms with van der Waals surface area (Å²) >= 11 is 0. The van der Waals surface area contributed by atoms with Crippen LogP contribution < -0.4 is 0 Å². The lowest BCUT2D eigenvalue weighted by Gasteiger charge is -1.96. The lowest BCUT2D eigenvalue weighted by molar-refractivity contribution is -0.384. The predicted molar refractivity (Wildman–Crippen MR) is 100 cm³/mol. The molecule has 2 aromatic carbocycles. The van der Waals surface area contributed by atoms with Crippen molar-refractivity contribution in [3.8, 4) is 11.3 Å². The number of nitro benzene ring substituents is 2. The molecule has 0 fully saturated rings. The summed E-state index contributed by atoms with van der Waals surface area (Å²) in [6.07, 6.45) is 3.20. The number of hydrogen-bond donors (Lipinski definition) is 0. The Bertz CT molecular complexity index is 1240. The second-order valence-corrected chi connectivity index (χ2v) is 5.80. The third-order valence-corrected chi connectivity index (χ3v) is 3.96. The first-order valence-electron chi connectivity index (χ1n) is 8.07. The molecule has 0 aliphatic rings. The van der Waals surface area contributed by atoms with Gasteiger partial charge in [0.15, 0.2) is 5.58 Å². The molecule has 9 heteroatoms. The first kappa shape index (κ1) is 17.2. The van der Waals surface area contributed by atoms with Crippen LogP contribution in [-0.4, -0.2) is 14.8 Å². The maximum Gasteiger partial charge on any atom is 0.271 e. The van der Waals surface area contributed by atoms with Crippen LogP contribution in [0.5, 0.6) is 0 Å². The number of oxazole rings is 1. The molecule has 0 aliphatic heterocycles. The molecule has 0 saturated heterocycles. The van der Waals surface area contributed by atoms with Crippen molar-refractivity contribution >= 4 is 34.6 Å². The van der Waals surface area contributed by atoms with E-state index in [9.17, 15) is 20.2 Å². The number of hydrogen-bond acceptors (Lipinski definition) is 7. The summed E-state index contributed by atoms with van der Waals surface area (Å²) in [7, 11) is 0. The number of aromatic nitrogens is 1. The number of non-ortho nitro benzene ring substituents is 2. The van der Waals surface area contributed by atoms with Crippen LogP contribution in [0.2, 0.25) is 0 Å². The van der Waals surface area contributed by atoms with Gasteiger partial charge in [-0.05, 0) is 24.3 Å². The van der Waals surface area contributed by atoms with Crippen molar-refractivity contribution in [3.05, 3.63) is 86.5 Å². The Morgan fingerprint density at radius 3 is 2.43 bits per heavy atom. The minimum Gasteiger partial charge on any atom is -0.457 e. The molecule has 0 aliphatic carbocycles. The highest BCUT2D eigenvalue weighted by Gasteiger charge is 2.11. The van der Waals surface area contributed by atoms with Gasteiger partial charge in [-0.2, -0.15) is 0 Å². The number of rotatable bonds is 5. The average molecular weight is 377 g/mol. The summed E-state index contributed by atoms with van der Waals surface area (Å²) in [5.41, 5.74) is 1.31. The quantitative estimate of drug-likeness (QED) is 0.351. The van der Waals surface area contributed by atoms with Crippen LogP contribution in [0, 0.1) is 20.2 Å². The van der Waals surface area contributed by atoms with Crippen molar-refractivity contribution in [1.29, 1.82) is 0 Å². The molecule has 0 unspecified atom stereocenters. The lowest BCUT2D eigenvalue weighted by Crippen LogP contribution is -1.87. The van der Waals surface area contributed by atoms with Gasteiger partial charge in [0.2, 0.25) is 5.89 Å². The van der Waals surface area contributed by atoms with Crippen molar-refractivity contribution in [2.75, 3.05) is 0 Å². The van der Waals surface area contributed by atoms with E-state index in [1.165, 1.54) is 30.3 Å². The second kappa shape index (κ2) is 6.80. The molecule has 0 spiro atoms. The first-order valence-corrected chi connectivity index (χ1v) is 8.07. The summed E-state index contributed by atoms with van der Waals surface area (Å²) in [6, 6.07) is 13.7. The van der Waals surface area contributed by atoms with Crippen molar-refractivity contribution < 1.29 is 18.7 Å². The molecule has 0 N–H and O–H groups in total. The number of fused-ring (bicyclic) bond motifs is 1. The number of nitrogens with zero attached hydrogens (tertiary/aromatic N) is 3. The van der Waals surface area contributed by atoms with E-state index in [0.29, 0.717) is 28.2 Å². The van der Waals surface area contributed by atoms with Gasteiger partial charge in [0, 0.05) is 35.9 Å². The Morgan fingerprint density at radius 2 is 1.64 bits per heavy atom. The second-order valence-electron chi connectivity index (χ2n) is 5.80. The summed E-state index contributed by atoms with van der Waals surface area (Å²) in [6.45, 7) is 0. The molecule has 9 nitrogen and oxygen atoms in total. The molecule has 0 radical (unpaired) electrons. The molecular formula is C19H11N3O6. The predicted octanol–water partition coefficient (Wildman–Crippen LogP) is 5.07. The van der Waals surface area contributed by atoms with Gasteiger partial charge in [0.25, 0.3) is 11.4 Å². The summed E-state index contributed by atoms with van der Waals surface area (Å²) in [4.78, 5) is 24.9. The van der Waals surface area contributed by atoms with Gasteiger partial charge in [-0.15, -0.1) is 0 Å². The van der Waals surface area contributed by atoms with E-state index in [2.05, 4.69) is 4.98 Å². The zero-order chi connectivity index (χ0) is 19.7. The van der Waals surface area contributed by atoms with Crippen molar-refractivity contribution in [2.24, 2.45) is 0 Å². The maximum absolute atomic E-state index is 10.9.